The monoisotopic (exact) mass is 238 g/mol. The summed E-state index contributed by atoms with van der Waals surface area (Å²) in [6, 6.07) is 3.15. The maximum absolute atomic E-state index is 3.22. The van der Waals surface area contributed by atoms with Crippen molar-refractivity contribution >= 4 is 11.3 Å². The van der Waals surface area contributed by atoms with Crippen LogP contribution in [-0.2, 0) is 13.1 Å². The molecule has 0 spiro atoms. The largest absolute Gasteiger partial charge is 0.315 e. The van der Waals surface area contributed by atoms with E-state index in [1.807, 2.05) is 18.4 Å². The second-order valence-electron chi connectivity index (χ2n) is 4.79. The molecule has 1 aliphatic heterocycles. The molecule has 1 aliphatic rings. The van der Waals surface area contributed by atoms with Gasteiger partial charge in [-0.3, -0.25) is 4.90 Å². The predicted molar refractivity (Wildman–Crippen MR) is 70.9 cm³/mol. The third-order valence-corrected chi connectivity index (χ3v) is 4.58. The van der Waals surface area contributed by atoms with Crippen LogP contribution in [0.25, 0.3) is 0 Å². The van der Waals surface area contributed by atoms with Gasteiger partial charge in [0.2, 0.25) is 0 Å². The number of likely N-dealkylation sites (tertiary alicyclic amines) is 1. The summed E-state index contributed by atoms with van der Waals surface area (Å²) in [6.07, 6.45) is 2.74. The average Bonchev–Trinajstić information content (AvgIpc) is 2.77. The molecule has 1 fully saturated rings. The maximum Gasteiger partial charge on any atom is 0.0296 e. The van der Waals surface area contributed by atoms with Gasteiger partial charge in [0.25, 0.3) is 0 Å². The summed E-state index contributed by atoms with van der Waals surface area (Å²) in [5.74, 6) is 0. The number of nitrogens with one attached hydrogen (secondary N) is 1. The van der Waals surface area contributed by atoms with E-state index in [0.717, 1.165) is 19.1 Å². The lowest BCUT2D eigenvalue weighted by Gasteiger charge is -2.20. The maximum atomic E-state index is 3.22. The highest BCUT2D eigenvalue weighted by atomic mass is 32.1. The molecule has 16 heavy (non-hydrogen) atoms. The first-order chi connectivity index (χ1) is 7.70. The van der Waals surface area contributed by atoms with Crippen molar-refractivity contribution < 1.29 is 0 Å². The average molecular weight is 238 g/mol. The van der Waals surface area contributed by atoms with Gasteiger partial charge in [0.15, 0.2) is 0 Å². The molecule has 1 unspecified atom stereocenters. The van der Waals surface area contributed by atoms with Crippen molar-refractivity contribution in [3.8, 4) is 0 Å². The Hall–Kier alpha value is -0.380. The van der Waals surface area contributed by atoms with E-state index in [4.69, 9.17) is 0 Å². The van der Waals surface area contributed by atoms with E-state index in [0.29, 0.717) is 0 Å². The highest BCUT2D eigenvalue weighted by Gasteiger charge is 2.21. The van der Waals surface area contributed by atoms with Crippen LogP contribution in [0, 0.1) is 6.92 Å². The Labute approximate surface area is 103 Å². The zero-order chi connectivity index (χ0) is 11.5. The SMILES string of the molecule is CNCc1cc(CN2CCCC2C)c(C)s1. The van der Waals surface area contributed by atoms with Crippen molar-refractivity contribution in [1.82, 2.24) is 10.2 Å². The van der Waals surface area contributed by atoms with Crippen molar-refractivity contribution in [1.29, 1.82) is 0 Å². The Morgan fingerprint density at radius 3 is 3.00 bits per heavy atom. The van der Waals surface area contributed by atoms with E-state index in [1.165, 1.54) is 34.7 Å². The van der Waals surface area contributed by atoms with Crippen LogP contribution in [0.2, 0.25) is 0 Å². The Balaban J connectivity index is 2.03. The summed E-state index contributed by atoms with van der Waals surface area (Å²) in [7, 11) is 2.01. The van der Waals surface area contributed by atoms with Gasteiger partial charge in [0.1, 0.15) is 0 Å². The zero-order valence-corrected chi connectivity index (χ0v) is 11.4. The van der Waals surface area contributed by atoms with E-state index in [9.17, 15) is 0 Å². The van der Waals surface area contributed by atoms with Gasteiger partial charge in [0, 0.05) is 28.9 Å². The van der Waals surface area contributed by atoms with Gasteiger partial charge in [-0.05, 0) is 51.9 Å². The Morgan fingerprint density at radius 1 is 1.56 bits per heavy atom. The molecular formula is C13H22N2S. The summed E-state index contributed by atoms with van der Waals surface area (Å²) >= 11 is 1.93. The van der Waals surface area contributed by atoms with E-state index in [1.54, 1.807) is 0 Å². The smallest absolute Gasteiger partial charge is 0.0296 e. The lowest BCUT2D eigenvalue weighted by atomic mass is 10.2. The number of aryl methyl sites for hydroxylation is 1. The summed E-state index contributed by atoms with van der Waals surface area (Å²) < 4.78 is 0. The molecule has 1 aromatic rings. The summed E-state index contributed by atoms with van der Waals surface area (Å²) in [5.41, 5.74) is 1.53. The molecule has 2 heterocycles. The van der Waals surface area contributed by atoms with Crippen molar-refractivity contribution in [2.24, 2.45) is 0 Å². The molecule has 3 heteroatoms. The normalized spacial score (nSPS) is 21.8. The predicted octanol–water partition coefficient (Wildman–Crippen LogP) is 2.76. The lowest BCUT2D eigenvalue weighted by molar-refractivity contribution is 0.260. The zero-order valence-electron chi connectivity index (χ0n) is 10.5. The summed E-state index contributed by atoms with van der Waals surface area (Å²) in [6.45, 7) is 8.02. The van der Waals surface area contributed by atoms with Crippen LogP contribution in [0.4, 0.5) is 0 Å². The molecule has 0 aliphatic carbocycles. The minimum atomic E-state index is 0.770. The van der Waals surface area contributed by atoms with Gasteiger partial charge in [-0.2, -0.15) is 0 Å². The van der Waals surface area contributed by atoms with Crippen LogP contribution in [0.3, 0.4) is 0 Å². The van der Waals surface area contributed by atoms with Crippen LogP contribution >= 0.6 is 11.3 Å². The second-order valence-corrected chi connectivity index (χ2v) is 6.13. The fourth-order valence-electron chi connectivity index (χ4n) is 2.45. The van der Waals surface area contributed by atoms with Gasteiger partial charge in [-0.25, -0.2) is 0 Å². The van der Waals surface area contributed by atoms with Gasteiger partial charge in [-0.15, -0.1) is 11.3 Å². The number of hydrogen-bond donors (Lipinski definition) is 1. The van der Waals surface area contributed by atoms with Crippen molar-refractivity contribution in [3.05, 3.63) is 21.4 Å². The molecule has 0 saturated carbocycles. The van der Waals surface area contributed by atoms with E-state index in [-0.39, 0.29) is 0 Å². The van der Waals surface area contributed by atoms with E-state index in [2.05, 4.69) is 30.1 Å². The summed E-state index contributed by atoms with van der Waals surface area (Å²) in [5, 5.41) is 3.22. The minimum Gasteiger partial charge on any atom is -0.315 e. The standard InChI is InChI=1S/C13H22N2S/c1-10-5-4-6-15(10)9-12-7-13(8-14-3)16-11(12)2/h7,10,14H,4-6,8-9H2,1-3H3. The molecule has 0 aromatic carbocycles. The third kappa shape index (κ3) is 2.65. The fourth-order valence-corrected chi connectivity index (χ4v) is 3.52. The molecule has 90 valence electrons. The highest BCUT2D eigenvalue weighted by molar-refractivity contribution is 7.12. The second kappa shape index (κ2) is 5.30. The fraction of sp³-hybridized carbons (Fsp3) is 0.692. The number of nitrogens with zero attached hydrogens (tertiary/aromatic N) is 1. The van der Waals surface area contributed by atoms with Crippen LogP contribution < -0.4 is 5.32 Å². The molecule has 1 aromatic heterocycles. The highest BCUT2D eigenvalue weighted by Crippen LogP contribution is 2.26. The number of thiophene rings is 1. The van der Waals surface area contributed by atoms with Gasteiger partial charge in [-0.1, -0.05) is 0 Å². The van der Waals surface area contributed by atoms with Gasteiger partial charge >= 0.3 is 0 Å². The van der Waals surface area contributed by atoms with Crippen molar-refractivity contribution in [2.75, 3.05) is 13.6 Å². The number of rotatable bonds is 4. The molecule has 0 bridgehead atoms. The molecule has 0 amide bonds. The van der Waals surface area contributed by atoms with Crippen molar-refractivity contribution in [3.63, 3.8) is 0 Å². The van der Waals surface area contributed by atoms with Gasteiger partial charge in [0.05, 0.1) is 0 Å². The van der Waals surface area contributed by atoms with Crippen LogP contribution in [0.15, 0.2) is 6.07 Å². The molecule has 1 saturated heterocycles. The van der Waals surface area contributed by atoms with E-state index >= 15 is 0 Å². The Morgan fingerprint density at radius 2 is 2.38 bits per heavy atom. The van der Waals surface area contributed by atoms with Gasteiger partial charge < -0.3 is 5.32 Å². The quantitative estimate of drug-likeness (QED) is 0.867. The Kier molecular flexibility index (Phi) is 4.00. The first kappa shape index (κ1) is 12.1. The van der Waals surface area contributed by atoms with Crippen LogP contribution in [0.5, 0.6) is 0 Å². The molecule has 1 N–H and O–H groups in total. The first-order valence-electron chi connectivity index (χ1n) is 6.17. The number of hydrogen-bond acceptors (Lipinski definition) is 3. The van der Waals surface area contributed by atoms with Crippen LogP contribution in [-0.4, -0.2) is 24.5 Å². The van der Waals surface area contributed by atoms with Crippen LogP contribution in [0.1, 0.15) is 35.1 Å². The molecule has 1 atom stereocenters. The van der Waals surface area contributed by atoms with E-state index < -0.39 is 0 Å². The topological polar surface area (TPSA) is 15.3 Å². The lowest BCUT2D eigenvalue weighted by Crippen LogP contribution is -2.26. The van der Waals surface area contributed by atoms with Crippen molar-refractivity contribution in [2.45, 2.75) is 45.8 Å². The molecule has 2 rings (SSSR count). The molecule has 0 radical (unpaired) electrons. The first-order valence-corrected chi connectivity index (χ1v) is 6.99. The summed E-state index contributed by atoms with van der Waals surface area (Å²) in [4.78, 5) is 5.56. The minimum absolute atomic E-state index is 0.770. The Bertz CT molecular complexity index is 346. The molecular weight excluding hydrogens is 216 g/mol. The third-order valence-electron chi connectivity index (χ3n) is 3.49. The molecule has 2 nitrogen and oxygen atoms in total.